The molecular weight excluding hydrogens is 394 g/mol. The summed E-state index contributed by atoms with van der Waals surface area (Å²) >= 11 is 0. The zero-order chi connectivity index (χ0) is 20.3. The largest absolute Gasteiger partial charge is 0.325 e. The summed E-state index contributed by atoms with van der Waals surface area (Å²) in [5.74, 6) is -2.52. The van der Waals surface area contributed by atoms with Gasteiger partial charge in [-0.25, -0.2) is 0 Å². The lowest BCUT2D eigenvalue weighted by Crippen LogP contribution is -2.54. The molecule has 2 aliphatic heterocycles. The van der Waals surface area contributed by atoms with Gasteiger partial charge in [0.25, 0.3) is 11.8 Å². The van der Waals surface area contributed by atoms with Gasteiger partial charge < -0.3 is 5.32 Å². The van der Waals surface area contributed by atoms with Crippen LogP contribution in [0.1, 0.15) is 72.6 Å². The molecular formula is C20H25N3O5S. The molecule has 1 aromatic carbocycles. The summed E-state index contributed by atoms with van der Waals surface area (Å²) in [4.78, 5) is 62.2. The van der Waals surface area contributed by atoms with Gasteiger partial charge in [-0.05, 0) is 25.0 Å². The van der Waals surface area contributed by atoms with Crippen LogP contribution in [0.25, 0.3) is 0 Å². The number of benzene rings is 1. The average molecular weight is 420 g/mol. The van der Waals surface area contributed by atoms with Crippen LogP contribution in [0.4, 0.5) is 5.69 Å². The molecule has 0 aromatic heterocycles. The zero-order valence-corrected chi connectivity index (χ0v) is 17.2. The highest BCUT2D eigenvalue weighted by molar-refractivity contribution is 7.59. The summed E-state index contributed by atoms with van der Waals surface area (Å²) in [6, 6.07) is 3.63. The Bertz CT molecular complexity index is 855. The van der Waals surface area contributed by atoms with Crippen LogP contribution in [0.15, 0.2) is 18.2 Å². The van der Waals surface area contributed by atoms with E-state index in [0.717, 1.165) is 30.6 Å². The zero-order valence-electron chi connectivity index (χ0n) is 16.2. The summed E-state index contributed by atoms with van der Waals surface area (Å²) in [6.45, 7) is 2.09. The maximum Gasteiger partial charge on any atom is 0.264 e. The molecule has 0 radical (unpaired) electrons. The van der Waals surface area contributed by atoms with Crippen LogP contribution in [-0.4, -0.2) is 40.5 Å². The quantitative estimate of drug-likeness (QED) is 0.519. The molecule has 2 aliphatic rings. The van der Waals surface area contributed by atoms with Gasteiger partial charge in [0.05, 0.1) is 16.8 Å². The Morgan fingerprint density at radius 2 is 1.90 bits per heavy atom. The first-order chi connectivity index (χ1) is 13.4. The van der Waals surface area contributed by atoms with Crippen LogP contribution in [0.2, 0.25) is 0 Å². The second-order valence-electron chi connectivity index (χ2n) is 7.03. The van der Waals surface area contributed by atoms with E-state index in [1.54, 1.807) is 12.1 Å². The normalized spacial score (nSPS) is 18.2. The first-order valence-corrected chi connectivity index (χ1v) is 9.58. The number of piperidine rings is 1. The van der Waals surface area contributed by atoms with Crippen molar-refractivity contribution in [2.45, 2.75) is 57.9 Å². The molecule has 156 valence electrons. The molecule has 1 atom stereocenters. The number of hydrogen-bond acceptors (Lipinski definition) is 5. The Kier molecular flexibility index (Phi) is 7.55. The molecule has 3 rings (SSSR count). The Balaban J connectivity index is 0.00000300. The minimum atomic E-state index is -1.03. The molecule has 2 heterocycles. The number of amides is 5. The second kappa shape index (κ2) is 9.69. The number of rotatable bonds is 7. The van der Waals surface area contributed by atoms with Gasteiger partial charge in [-0.1, -0.05) is 32.3 Å². The van der Waals surface area contributed by atoms with Crippen LogP contribution in [0, 0.1) is 0 Å². The summed E-state index contributed by atoms with van der Waals surface area (Å²) in [6.07, 6.45) is 4.33. The van der Waals surface area contributed by atoms with Gasteiger partial charge in [-0.3, -0.25) is 34.2 Å². The van der Waals surface area contributed by atoms with Crippen molar-refractivity contribution in [3.8, 4) is 0 Å². The predicted octanol–water partition coefficient (Wildman–Crippen LogP) is 2.11. The predicted molar refractivity (Wildman–Crippen MR) is 111 cm³/mol. The standard InChI is InChI=1S/C20H23N3O5.H2S/c1-2-3-4-5-9-15(24)21-13-8-6-7-12-17(13)20(28)23(19(12)27)14-10-11-16(25)22-18(14)26;/h6-8,14H,2-5,9-11H2,1H3,(H,21,24)(H,22,25,26);1H2/t14-;/m0./s1. The molecule has 1 saturated heterocycles. The number of imide groups is 2. The molecule has 0 aliphatic carbocycles. The van der Waals surface area contributed by atoms with E-state index in [0.29, 0.717) is 6.42 Å². The van der Waals surface area contributed by atoms with Crippen molar-refractivity contribution >= 4 is 48.7 Å². The fourth-order valence-corrected chi connectivity index (χ4v) is 3.54. The van der Waals surface area contributed by atoms with Crippen LogP contribution < -0.4 is 10.6 Å². The van der Waals surface area contributed by atoms with Crippen molar-refractivity contribution in [1.29, 1.82) is 0 Å². The van der Waals surface area contributed by atoms with Gasteiger partial charge in [0, 0.05) is 12.8 Å². The lowest BCUT2D eigenvalue weighted by atomic mass is 10.0. The van der Waals surface area contributed by atoms with Crippen molar-refractivity contribution in [2.75, 3.05) is 5.32 Å². The topological polar surface area (TPSA) is 113 Å². The van der Waals surface area contributed by atoms with Crippen molar-refractivity contribution in [3.63, 3.8) is 0 Å². The lowest BCUT2D eigenvalue weighted by Gasteiger charge is -2.27. The molecule has 0 spiro atoms. The Morgan fingerprint density at radius 3 is 2.59 bits per heavy atom. The smallest absolute Gasteiger partial charge is 0.264 e. The molecule has 1 aromatic rings. The van der Waals surface area contributed by atoms with Crippen molar-refractivity contribution in [3.05, 3.63) is 29.3 Å². The van der Waals surface area contributed by atoms with Crippen LogP contribution in [0.3, 0.4) is 0 Å². The van der Waals surface area contributed by atoms with E-state index in [1.165, 1.54) is 6.07 Å². The number of hydrogen-bond donors (Lipinski definition) is 2. The van der Waals surface area contributed by atoms with Gasteiger partial charge in [0.2, 0.25) is 17.7 Å². The molecule has 0 unspecified atom stereocenters. The van der Waals surface area contributed by atoms with E-state index >= 15 is 0 Å². The highest BCUT2D eigenvalue weighted by atomic mass is 32.1. The number of carbonyl (C=O) groups excluding carboxylic acids is 5. The highest BCUT2D eigenvalue weighted by Crippen LogP contribution is 2.32. The second-order valence-corrected chi connectivity index (χ2v) is 7.03. The average Bonchev–Trinajstić information content (AvgIpc) is 2.91. The minimum absolute atomic E-state index is 0. The third-order valence-electron chi connectivity index (χ3n) is 5.00. The van der Waals surface area contributed by atoms with E-state index in [-0.39, 0.29) is 49.1 Å². The van der Waals surface area contributed by atoms with E-state index in [9.17, 15) is 24.0 Å². The first kappa shape index (κ1) is 22.6. The minimum Gasteiger partial charge on any atom is -0.325 e. The summed E-state index contributed by atoms with van der Waals surface area (Å²) in [5.41, 5.74) is 0.517. The molecule has 29 heavy (non-hydrogen) atoms. The SMILES string of the molecule is CCCCCCC(=O)Nc1cccc2c1C(=O)N([C@H]1CCC(=O)NC1=O)C2=O.S. The summed E-state index contributed by atoms with van der Waals surface area (Å²) in [7, 11) is 0. The molecule has 9 heteroatoms. The maximum atomic E-state index is 12.9. The molecule has 0 bridgehead atoms. The van der Waals surface area contributed by atoms with E-state index in [4.69, 9.17) is 0 Å². The van der Waals surface area contributed by atoms with Crippen LogP contribution in [0.5, 0.6) is 0 Å². The number of nitrogens with one attached hydrogen (secondary N) is 2. The van der Waals surface area contributed by atoms with Crippen molar-refractivity contribution < 1.29 is 24.0 Å². The first-order valence-electron chi connectivity index (χ1n) is 9.58. The number of carbonyl (C=O) groups is 5. The Labute approximate surface area is 175 Å². The maximum absolute atomic E-state index is 12.9. The number of unbranched alkanes of at least 4 members (excludes halogenated alkanes) is 3. The molecule has 1 fully saturated rings. The number of anilines is 1. The third-order valence-corrected chi connectivity index (χ3v) is 5.00. The van der Waals surface area contributed by atoms with E-state index in [2.05, 4.69) is 17.6 Å². The number of fused-ring (bicyclic) bond motifs is 1. The van der Waals surface area contributed by atoms with Crippen LogP contribution >= 0.6 is 13.5 Å². The fourth-order valence-electron chi connectivity index (χ4n) is 3.54. The number of nitrogens with zero attached hydrogens (tertiary/aromatic N) is 1. The molecule has 2 N–H and O–H groups in total. The van der Waals surface area contributed by atoms with Gasteiger partial charge in [-0.15, -0.1) is 0 Å². The highest BCUT2D eigenvalue weighted by Gasteiger charge is 2.45. The monoisotopic (exact) mass is 419 g/mol. The van der Waals surface area contributed by atoms with Crippen molar-refractivity contribution in [1.82, 2.24) is 10.2 Å². The van der Waals surface area contributed by atoms with Crippen LogP contribution in [-0.2, 0) is 14.4 Å². The third kappa shape index (κ3) is 4.67. The van der Waals surface area contributed by atoms with E-state index < -0.39 is 29.7 Å². The van der Waals surface area contributed by atoms with Crippen molar-refractivity contribution in [2.24, 2.45) is 0 Å². The van der Waals surface area contributed by atoms with Gasteiger partial charge in [0.15, 0.2) is 0 Å². The van der Waals surface area contributed by atoms with Gasteiger partial charge in [0.1, 0.15) is 6.04 Å². The fraction of sp³-hybridized carbons (Fsp3) is 0.450. The Morgan fingerprint density at radius 1 is 1.14 bits per heavy atom. The van der Waals surface area contributed by atoms with Gasteiger partial charge >= 0.3 is 0 Å². The van der Waals surface area contributed by atoms with Gasteiger partial charge in [-0.2, -0.15) is 13.5 Å². The lowest BCUT2D eigenvalue weighted by molar-refractivity contribution is -0.136. The molecule has 5 amide bonds. The molecule has 8 nitrogen and oxygen atoms in total. The molecule has 0 saturated carbocycles. The summed E-state index contributed by atoms with van der Waals surface area (Å²) < 4.78 is 0. The summed E-state index contributed by atoms with van der Waals surface area (Å²) in [5, 5.41) is 4.88. The van der Waals surface area contributed by atoms with E-state index in [1.807, 2.05) is 0 Å². The Hall–Kier alpha value is -2.68.